The van der Waals surface area contributed by atoms with Gasteiger partial charge >= 0.3 is 0 Å². The van der Waals surface area contributed by atoms with Gasteiger partial charge in [-0.15, -0.1) is 0 Å². The molecule has 1 aliphatic heterocycles. The SMILES string of the molecule is COc1ccc([C@@H](CNC(=O)c2nn(-c3ccccc3)c(C)cc2=O)N2CCOCC2)cc1. The second-order valence-electron chi connectivity index (χ2n) is 7.89. The molecule has 0 radical (unpaired) electrons. The van der Waals surface area contributed by atoms with Crippen LogP contribution in [0.5, 0.6) is 5.75 Å². The molecule has 8 heteroatoms. The number of amides is 1. The van der Waals surface area contributed by atoms with Crippen molar-refractivity contribution in [3.8, 4) is 11.4 Å². The molecule has 1 N–H and O–H groups in total. The van der Waals surface area contributed by atoms with E-state index < -0.39 is 11.3 Å². The molecule has 1 saturated heterocycles. The van der Waals surface area contributed by atoms with E-state index in [2.05, 4.69) is 15.3 Å². The third kappa shape index (κ3) is 5.30. The summed E-state index contributed by atoms with van der Waals surface area (Å²) < 4.78 is 12.4. The van der Waals surface area contributed by atoms with Crippen LogP contribution in [-0.2, 0) is 4.74 Å². The van der Waals surface area contributed by atoms with Crippen LogP contribution >= 0.6 is 0 Å². The van der Waals surface area contributed by atoms with Crippen LogP contribution in [0.1, 0.15) is 27.8 Å². The van der Waals surface area contributed by atoms with Crippen molar-refractivity contribution in [3.63, 3.8) is 0 Å². The van der Waals surface area contributed by atoms with Crippen LogP contribution in [-0.4, -0.2) is 60.5 Å². The number of rotatable bonds is 7. The Morgan fingerprint density at radius 1 is 1.12 bits per heavy atom. The average molecular weight is 449 g/mol. The van der Waals surface area contributed by atoms with E-state index in [1.54, 1.807) is 18.7 Å². The highest BCUT2D eigenvalue weighted by molar-refractivity contribution is 5.92. The van der Waals surface area contributed by atoms with Crippen molar-refractivity contribution in [3.05, 3.63) is 87.8 Å². The molecule has 1 aliphatic rings. The zero-order valence-electron chi connectivity index (χ0n) is 18.9. The van der Waals surface area contributed by atoms with Crippen molar-refractivity contribution in [2.24, 2.45) is 0 Å². The lowest BCUT2D eigenvalue weighted by Gasteiger charge is -2.35. The summed E-state index contributed by atoms with van der Waals surface area (Å²) in [5.74, 6) is 0.283. The van der Waals surface area contributed by atoms with Crippen LogP contribution < -0.4 is 15.5 Å². The summed E-state index contributed by atoms with van der Waals surface area (Å²) in [6.07, 6.45) is 0. The number of ether oxygens (including phenoxy) is 2. The lowest BCUT2D eigenvalue weighted by Crippen LogP contribution is -2.44. The maximum absolute atomic E-state index is 13.0. The van der Waals surface area contributed by atoms with Gasteiger partial charge in [-0.2, -0.15) is 5.10 Å². The highest BCUT2D eigenvalue weighted by Gasteiger charge is 2.24. The first kappa shape index (κ1) is 22.7. The topological polar surface area (TPSA) is 85.7 Å². The van der Waals surface area contributed by atoms with Crippen molar-refractivity contribution >= 4 is 5.91 Å². The zero-order chi connectivity index (χ0) is 23.2. The van der Waals surface area contributed by atoms with Crippen LogP contribution in [0, 0.1) is 6.92 Å². The molecule has 0 spiro atoms. The maximum Gasteiger partial charge on any atom is 0.275 e. The first-order valence-electron chi connectivity index (χ1n) is 11.0. The van der Waals surface area contributed by atoms with E-state index in [0.29, 0.717) is 25.5 Å². The van der Waals surface area contributed by atoms with Gasteiger partial charge in [0, 0.05) is 31.4 Å². The molecule has 2 aromatic carbocycles. The quantitative estimate of drug-likeness (QED) is 0.597. The Morgan fingerprint density at radius 2 is 1.82 bits per heavy atom. The highest BCUT2D eigenvalue weighted by Crippen LogP contribution is 2.23. The van der Waals surface area contributed by atoms with Gasteiger partial charge in [-0.3, -0.25) is 14.5 Å². The smallest absolute Gasteiger partial charge is 0.275 e. The molecular weight excluding hydrogens is 420 g/mol. The number of morpholine rings is 1. The number of carbonyl (C=O) groups excluding carboxylic acids is 1. The molecule has 172 valence electrons. The second kappa shape index (κ2) is 10.4. The normalized spacial score (nSPS) is 15.1. The summed E-state index contributed by atoms with van der Waals surface area (Å²) in [5.41, 5.74) is 1.97. The standard InChI is InChI=1S/C25H28N4O4/c1-18-16-23(30)24(27-29(18)20-6-4-3-5-7-20)25(31)26-17-22(28-12-14-33-15-13-28)19-8-10-21(32-2)11-9-19/h3-11,16,22H,12-15,17H2,1-2H3,(H,26,31)/t22-/m1/s1. The van der Waals surface area contributed by atoms with Crippen molar-refractivity contribution in [1.29, 1.82) is 0 Å². The molecule has 0 bridgehead atoms. The van der Waals surface area contributed by atoms with Gasteiger partial charge in [0.1, 0.15) is 5.75 Å². The number of nitrogens with one attached hydrogen (secondary N) is 1. The number of aromatic nitrogens is 2. The number of aryl methyl sites for hydroxylation is 1. The predicted octanol–water partition coefficient (Wildman–Crippen LogP) is 2.35. The fourth-order valence-electron chi connectivity index (χ4n) is 3.98. The summed E-state index contributed by atoms with van der Waals surface area (Å²) in [4.78, 5) is 27.9. The first-order chi connectivity index (χ1) is 16.1. The average Bonchev–Trinajstić information content (AvgIpc) is 2.85. The summed E-state index contributed by atoms with van der Waals surface area (Å²) in [5, 5.41) is 7.30. The van der Waals surface area contributed by atoms with Gasteiger partial charge in [-0.05, 0) is 36.8 Å². The van der Waals surface area contributed by atoms with Crippen LogP contribution in [0.15, 0.2) is 65.5 Å². The number of hydrogen-bond donors (Lipinski definition) is 1. The molecular formula is C25H28N4O4. The van der Waals surface area contributed by atoms with E-state index in [4.69, 9.17) is 9.47 Å². The third-order valence-electron chi connectivity index (χ3n) is 5.77. The minimum atomic E-state index is -0.489. The largest absolute Gasteiger partial charge is 0.497 e. The number of hydrogen-bond acceptors (Lipinski definition) is 6. The van der Waals surface area contributed by atoms with Gasteiger partial charge in [0.15, 0.2) is 5.69 Å². The second-order valence-corrected chi connectivity index (χ2v) is 7.89. The predicted molar refractivity (Wildman–Crippen MR) is 125 cm³/mol. The Hall–Kier alpha value is -3.49. The van der Waals surface area contributed by atoms with E-state index in [0.717, 1.165) is 30.1 Å². The summed E-state index contributed by atoms with van der Waals surface area (Å²) in [7, 11) is 1.63. The van der Waals surface area contributed by atoms with Crippen molar-refractivity contribution < 1.29 is 14.3 Å². The Labute approximate surface area is 192 Å². The zero-order valence-corrected chi connectivity index (χ0v) is 18.9. The number of para-hydroxylation sites is 1. The molecule has 33 heavy (non-hydrogen) atoms. The van der Waals surface area contributed by atoms with Crippen LogP contribution in [0.3, 0.4) is 0 Å². The van der Waals surface area contributed by atoms with Gasteiger partial charge in [0.25, 0.3) is 5.91 Å². The van der Waals surface area contributed by atoms with Gasteiger partial charge in [-0.1, -0.05) is 30.3 Å². The summed E-state index contributed by atoms with van der Waals surface area (Å²) in [6.45, 7) is 4.93. The molecule has 1 amide bonds. The molecule has 8 nitrogen and oxygen atoms in total. The van der Waals surface area contributed by atoms with Crippen molar-refractivity contribution in [1.82, 2.24) is 20.0 Å². The Morgan fingerprint density at radius 3 is 2.48 bits per heavy atom. The van der Waals surface area contributed by atoms with Crippen molar-refractivity contribution in [2.45, 2.75) is 13.0 Å². The molecule has 0 aliphatic carbocycles. The summed E-state index contributed by atoms with van der Waals surface area (Å²) in [6, 6.07) is 18.6. The van der Waals surface area contributed by atoms with Gasteiger partial charge in [0.2, 0.25) is 5.43 Å². The number of carbonyl (C=O) groups is 1. The fourth-order valence-corrected chi connectivity index (χ4v) is 3.98. The third-order valence-corrected chi connectivity index (χ3v) is 5.77. The first-order valence-corrected chi connectivity index (χ1v) is 11.0. The number of nitrogens with zero attached hydrogens (tertiary/aromatic N) is 3. The minimum absolute atomic E-state index is 0.0643. The van der Waals surface area contributed by atoms with E-state index in [9.17, 15) is 9.59 Å². The monoisotopic (exact) mass is 448 g/mol. The molecule has 1 aromatic heterocycles. The van der Waals surface area contributed by atoms with E-state index in [1.165, 1.54) is 6.07 Å². The van der Waals surface area contributed by atoms with Crippen LogP contribution in [0.4, 0.5) is 0 Å². The van der Waals surface area contributed by atoms with Crippen LogP contribution in [0.2, 0.25) is 0 Å². The number of methoxy groups -OCH3 is 1. The molecule has 0 saturated carbocycles. The van der Waals surface area contributed by atoms with Crippen molar-refractivity contribution in [2.75, 3.05) is 40.0 Å². The lowest BCUT2D eigenvalue weighted by atomic mass is 10.0. The minimum Gasteiger partial charge on any atom is -0.497 e. The van der Waals surface area contributed by atoms with E-state index in [-0.39, 0.29) is 11.7 Å². The molecule has 1 atom stereocenters. The number of benzene rings is 2. The van der Waals surface area contributed by atoms with Gasteiger partial charge in [0.05, 0.1) is 32.1 Å². The lowest BCUT2D eigenvalue weighted by molar-refractivity contribution is 0.0162. The maximum atomic E-state index is 13.0. The Kier molecular flexibility index (Phi) is 7.16. The molecule has 1 fully saturated rings. The van der Waals surface area contributed by atoms with E-state index >= 15 is 0 Å². The summed E-state index contributed by atoms with van der Waals surface area (Å²) >= 11 is 0. The molecule has 4 rings (SSSR count). The molecule has 0 unspecified atom stereocenters. The van der Waals surface area contributed by atoms with Gasteiger partial charge in [-0.25, -0.2) is 4.68 Å². The highest BCUT2D eigenvalue weighted by atomic mass is 16.5. The van der Waals surface area contributed by atoms with Gasteiger partial charge < -0.3 is 14.8 Å². The van der Waals surface area contributed by atoms with E-state index in [1.807, 2.05) is 54.6 Å². The Bertz CT molecular complexity index is 1140. The molecule has 3 aromatic rings. The fraction of sp³-hybridized carbons (Fsp3) is 0.320. The van der Waals surface area contributed by atoms with Crippen LogP contribution in [0.25, 0.3) is 5.69 Å². The molecule has 2 heterocycles. The Balaban J connectivity index is 1.56.